The first-order valence-corrected chi connectivity index (χ1v) is 46.0. The van der Waals surface area contributed by atoms with Crippen molar-refractivity contribution in [2.45, 2.75) is 211 Å². The average Bonchev–Trinajstić information content (AvgIpc) is 0.668. The summed E-state index contributed by atoms with van der Waals surface area (Å²) in [6.07, 6.45) is -0.486. The van der Waals surface area contributed by atoms with Gasteiger partial charge in [-0.1, -0.05) is 232 Å². The topological polar surface area (TPSA) is 381 Å². The van der Waals surface area contributed by atoms with E-state index in [1.54, 1.807) is 93.2 Å². The number of nitrogens with zero attached hydrogens (tertiary/aromatic N) is 8. The summed E-state index contributed by atoms with van der Waals surface area (Å²) in [5.41, 5.74) is -1.59. The number of fused-ring (bicyclic) bond motifs is 8. The van der Waals surface area contributed by atoms with Crippen LogP contribution >= 0.6 is 12.4 Å². The predicted molar refractivity (Wildman–Crippen MR) is 503 cm³/mol. The van der Waals surface area contributed by atoms with E-state index in [0.29, 0.717) is 0 Å². The van der Waals surface area contributed by atoms with Gasteiger partial charge in [-0.25, -0.2) is 19.2 Å². The van der Waals surface area contributed by atoms with E-state index in [2.05, 4.69) is 0 Å². The maximum Gasteiger partial charge on any atom is 0.341 e. The molecule has 0 radical (unpaired) electrons. The van der Waals surface area contributed by atoms with Crippen molar-refractivity contribution in [2.24, 2.45) is 49.7 Å². The van der Waals surface area contributed by atoms with Crippen molar-refractivity contribution in [3.63, 3.8) is 0 Å². The molecule has 0 amide bonds. The first kappa shape index (κ1) is 100. The number of hydrogen-bond donors (Lipinski definition) is 3. The third-order valence-electron chi connectivity index (χ3n) is 33.8. The van der Waals surface area contributed by atoms with E-state index in [-0.39, 0.29) is 132 Å². The molecule has 6 N–H and O–H groups in total. The highest BCUT2D eigenvalue weighted by atomic mass is 35.5. The zero-order valence-corrected chi connectivity index (χ0v) is 80.1. The zero-order chi connectivity index (χ0) is 96.9. The molecule has 14 rings (SSSR count). The number of nitro groups is 1. The van der Waals surface area contributed by atoms with Crippen molar-refractivity contribution in [1.29, 1.82) is 0 Å². The Morgan fingerprint density at radius 1 is 0.400 bits per heavy atom. The van der Waals surface area contributed by atoms with E-state index in [1.165, 1.54) is 88.4 Å². The highest BCUT2D eigenvalue weighted by molar-refractivity contribution is 5.90. The zero-order valence-electron chi connectivity index (χ0n) is 79.3. The molecular formula is C105H124ClN11O18. The molecule has 29 nitrogen and oxygen atoms in total. The van der Waals surface area contributed by atoms with Crippen LogP contribution in [-0.4, -0.2) is 150 Å². The fraction of sp³-hybridized carbons (Fsp3) is 0.429. The average molecular weight is 1860 g/mol. The molecule has 0 aliphatic carbocycles. The van der Waals surface area contributed by atoms with Gasteiger partial charge in [0.25, 0.3) is 15.5 Å². The van der Waals surface area contributed by atoms with E-state index >= 15 is 48.8 Å². The van der Waals surface area contributed by atoms with Gasteiger partial charge in [-0.05, 0) is 188 Å². The van der Waals surface area contributed by atoms with Crippen LogP contribution in [-0.2, 0) is 74.2 Å². The maximum atomic E-state index is 18.2. The molecule has 0 aromatic heterocycles. The second kappa shape index (κ2) is 38.3. The summed E-state index contributed by atoms with van der Waals surface area (Å²) < 4.78 is 0. The third kappa shape index (κ3) is 15.6. The summed E-state index contributed by atoms with van der Waals surface area (Å²) in [6.45, 7) is 24.2. The number of non-ortho nitro benzene ring substituents is 1. The van der Waals surface area contributed by atoms with Crippen LogP contribution in [0.4, 0.5) is 17.1 Å². The van der Waals surface area contributed by atoms with E-state index in [9.17, 15) is 10.1 Å². The van der Waals surface area contributed by atoms with Gasteiger partial charge in [0.05, 0.1) is 36.4 Å². The van der Waals surface area contributed by atoms with Crippen molar-refractivity contribution in [1.82, 2.24) is 25.5 Å². The van der Waals surface area contributed by atoms with Crippen LogP contribution in [0.1, 0.15) is 210 Å². The van der Waals surface area contributed by atoms with Crippen LogP contribution in [0.5, 0.6) is 0 Å². The number of nitro benzene ring substituents is 1. The second-order valence-corrected chi connectivity index (χ2v) is 39.2. The summed E-state index contributed by atoms with van der Waals surface area (Å²) in [5.74, 6) is -10.2. The summed E-state index contributed by atoms with van der Waals surface area (Å²) in [4.78, 5) is 191. The molecule has 30 heteroatoms. The Kier molecular flexibility index (Phi) is 28.5. The lowest BCUT2D eigenvalue weighted by atomic mass is 9.38. The number of rotatable bonds is 29. The number of carbonyl (C=O) groups excluding carboxylic acids is 6. The molecule has 3 fully saturated rings. The van der Waals surface area contributed by atoms with Gasteiger partial charge in [0.2, 0.25) is 0 Å². The molecule has 12 unspecified atom stereocenters. The number of hydrogen-bond acceptors (Lipinski definition) is 26. The fourth-order valence-electron chi connectivity index (χ4n) is 25.7. The van der Waals surface area contributed by atoms with E-state index in [4.69, 9.17) is 46.4 Å². The summed E-state index contributed by atoms with van der Waals surface area (Å²) >= 11 is 0. The number of likely N-dealkylation sites (tertiary alicyclic amines) is 3. The number of benzene rings is 9. The molecule has 9 aromatic carbocycles. The number of carboxylic acid groups (broad SMARTS) is 2. The lowest BCUT2D eigenvalue weighted by Crippen LogP contribution is -2.83. The SMILES string of the molecule is CC1N(CCN)C(C)(C)C2(C)C(=O)ON(OC(=O)C3(C)C(C)N(CCN)C(C)(C)C(C)(C(=O)ON4OC(=O)C5(C)C(C)(C)N(CCN)C(C)C(C)(C(=O)[O-])C5(CCC(c5ccccc5)c5ccccc5)c5cccc(c5)[N+](=O)O4)C3(CCC(c3ccccc3)c3ccccc3)c3cccc([N+](=O)[O-])c3)O[N+](=O)c3cccc(c3)C2(CCC(c2ccccc2)c2ccccc2)C1(C)C(=O)[O-].Cl. The van der Waals surface area contributed by atoms with Gasteiger partial charge in [-0.3, -0.25) is 44.2 Å². The van der Waals surface area contributed by atoms with Crippen LogP contribution in [0, 0.1) is 52.4 Å². The minimum Gasteiger partial charge on any atom is -0.549 e. The van der Waals surface area contributed by atoms with Gasteiger partial charge in [-0.15, -0.1) is 12.4 Å². The van der Waals surface area contributed by atoms with Gasteiger partial charge in [0.15, 0.2) is 0 Å². The number of halogens is 1. The first-order valence-electron chi connectivity index (χ1n) is 46.0. The normalized spacial score (nSPS) is 28.0. The van der Waals surface area contributed by atoms with Gasteiger partial charge in [0, 0.05) is 167 Å². The highest BCUT2D eigenvalue weighted by Crippen LogP contribution is 2.73. The summed E-state index contributed by atoms with van der Waals surface area (Å²) in [5, 5.41) is 44.4. The van der Waals surface area contributed by atoms with Crippen molar-refractivity contribution in [3.8, 4) is 0 Å². The minimum absolute atomic E-state index is 0. The quantitative estimate of drug-likeness (QED) is 0.0289. The Hall–Kier alpha value is -12.0. The molecule has 5 aliphatic heterocycles. The number of aliphatic carboxylic acids is 2. The van der Waals surface area contributed by atoms with E-state index in [1.807, 2.05) is 192 Å². The van der Waals surface area contributed by atoms with Crippen molar-refractivity contribution < 1.29 is 83.0 Å². The number of carboxylic acids is 2. The largest absolute Gasteiger partial charge is 0.549 e. The Morgan fingerprint density at radius 2 is 0.681 bits per heavy atom. The molecule has 12 atom stereocenters. The Bertz CT molecular complexity index is 5760. The molecular weight excluding hydrogens is 1740 g/mol. The minimum atomic E-state index is -2.62. The molecule has 0 saturated carbocycles. The smallest absolute Gasteiger partial charge is 0.341 e. The Morgan fingerprint density at radius 3 is 0.985 bits per heavy atom. The van der Waals surface area contributed by atoms with Gasteiger partial charge in [0.1, 0.15) is 0 Å². The highest BCUT2D eigenvalue weighted by Gasteiger charge is 2.82. The predicted octanol–water partition coefficient (Wildman–Crippen LogP) is 14.8. The summed E-state index contributed by atoms with van der Waals surface area (Å²) in [6, 6.07) is 71.0. The second-order valence-electron chi connectivity index (χ2n) is 39.2. The van der Waals surface area contributed by atoms with Crippen LogP contribution < -0.4 is 27.4 Å². The maximum absolute atomic E-state index is 18.2. The third-order valence-corrected chi connectivity index (χ3v) is 33.8. The van der Waals surface area contributed by atoms with Crippen LogP contribution in [0.25, 0.3) is 0 Å². The van der Waals surface area contributed by atoms with Crippen molar-refractivity contribution >= 4 is 65.3 Å². The molecule has 9 aromatic rings. The number of piperidine rings is 3. The molecule has 135 heavy (non-hydrogen) atoms. The molecule has 4 bridgehead atoms. The van der Waals surface area contributed by atoms with Crippen molar-refractivity contribution in [3.05, 3.63) is 325 Å². The van der Waals surface area contributed by atoms with Gasteiger partial charge < -0.3 is 37.0 Å². The lowest BCUT2D eigenvalue weighted by Gasteiger charge is -2.72. The van der Waals surface area contributed by atoms with E-state index in [0.717, 1.165) is 33.4 Å². The molecule has 5 heterocycles. The Balaban J connectivity index is 0.0000154. The van der Waals surface area contributed by atoms with Crippen LogP contribution in [0.15, 0.2) is 255 Å². The monoisotopic (exact) mass is 1860 g/mol. The fourth-order valence-corrected chi connectivity index (χ4v) is 25.7. The van der Waals surface area contributed by atoms with Crippen molar-refractivity contribution in [2.75, 3.05) is 39.3 Å². The molecule has 5 aliphatic rings. The molecule has 0 spiro atoms. The van der Waals surface area contributed by atoms with E-state index < -0.39 is 154 Å². The molecule has 714 valence electrons. The van der Waals surface area contributed by atoms with Crippen LogP contribution in [0.3, 0.4) is 0 Å². The number of nitrogens with two attached hydrogens (primary N) is 3. The Labute approximate surface area is 794 Å². The lowest BCUT2D eigenvalue weighted by molar-refractivity contribution is -0.852. The molecule has 3 saturated heterocycles. The standard InChI is InChI=1S/C105H123N11O18.ClH/c1-70-97(10,88(117)118)103(58-55-85(73-37-22-16-23-38-73)74-39-24-17-25-40-74)80-50-35-53-83(68-80)113(127)133-115(130-91(122)100(103,13)94(4,5)109(70)64-61-106)129-90(121)99(12)72(3)111(66-63-108)96(8,9)102(15,105(99,79-49-34-52-82(67-79)112(125)126)60-57-87(77-45-30-20-31-46-77)78-47-32-21-33-48-78)93(124)132-116-131-92(123)101(14)95(6,7)110(65-62-107)71(2)98(11,89(119)120)104(101,81-51-36-54-84(69-81)114(128)134-116)59-56-86(75-41-26-18-27-42-75)76-43-28-19-29-44-76;/h16-54,67-72,85-87H,55-66,106-108H2,1-15H3;1H. The van der Waals surface area contributed by atoms with Gasteiger partial charge >= 0.3 is 46.0 Å². The van der Waals surface area contributed by atoms with Gasteiger partial charge in [-0.2, -0.15) is 0 Å². The number of carbonyl (C=O) groups is 6. The first-order chi connectivity index (χ1) is 63.6. The van der Waals surface area contributed by atoms with Crippen LogP contribution in [0.2, 0.25) is 0 Å². The summed E-state index contributed by atoms with van der Waals surface area (Å²) in [7, 11) is 0.